The van der Waals surface area contributed by atoms with Crippen molar-refractivity contribution in [1.82, 2.24) is 10.2 Å². The Balaban J connectivity index is 2.53. The summed E-state index contributed by atoms with van der Waals surface area (Å²) in [6.07, 6.45) is 0.806. The lowest BCUT2D eigenvalue weighted by Gasteiger charge is -2.35. The number of urea groups is 1. The van der Waals surface area contributed by atoms with Gasteiger partial charge in [0.15, 0.2) is 0 Å². The number of nitrogens with one attached hydrogen (secondary N) is 1. The lowest BCUT2D eigenvalue weighted by molar-refractivity contribution is -0.136. The van der Waals surface area contributed by atoms with E-state index >= 15 is 0 Å². The molecule has 22 heavy (non-hydrogen) atoms. The first-order chi connectivity index (χ1) is 10.5. The van der Waals surface area contributed by atoms with Gasteiger partial charge in [-0.1, -0.05) is 35.0 Å². The topological polar surface area (TPSA) is 58.6 Å². The number of carbonyl (C=O) groups is 2. The number of methoxy groups -OCH3 is 1. The highest BCUT2D eigenvalue weighted by atomic mass is 79.9. The monoisotopic (exact) mass is 366 g/mol. The number of rotatable bonds is 4. The highest BCUT2D eigenvalue weighted by Crippen LogP contribution is 2.32. The van der Waals surface area contributed by atoms with E-state index in [4.69, 9.17) is 4.74 Å². The Bertz CT molecular complexity index is 628. The molecule has 0 aromatic heterocycles. The summed E-state index contributed by atoms with van der Waals surface area (Å²) in [5.41, 5.74) is 1.94. The molecule has 1 aliphatic rings. The van der Waals surface area contributed by atoms with E-state index in [2.05, 4.69) is 21.2 Å². The lowest BCUT2D eigenvalue weighted by atomic mass is 9.95. The number of esters is 1. The Morgan fingerprint density at radius 1 is 1.45 bits per heavy atom. The molecular weight excluding hydrogens is 348 g/mol. The van der Waals surface area contributed by atoms with Crippen LogP contribution in [0.5, 0.6) is 0 Å². The first-order valence-corrected chi connectivity index (χ1v) is 7.91. The maximum atomic E-state index is 12.3. The fourth-order valence-corrected chi connectivity index (χ4v) is 3.00. The van der Waals surface area contributed by atoms with Gasteiger partial charge in [0.25, 0.3) is 0 Å². The zero-order chi connectivity index (χ0) is 16.3. The van der Waals surface area contributed by atoms with Gasteiger partial charge >= 0.3 is 12.0 Å². The maximum absolute atomic E-state index is 12.3. The molecule has 2 rings (SSSR count). The molecule has 0 spiro atoms. The third kappa shape index (κ3) is 3.16. The van der Waals surface area contributed by atoms with E-state index in [1.54, 1.807) is 11.8 Å². The van der Waals surface area contributed by atoms with Crippen molar-refractivity contribution in [3.05, 3.63) is 45.6 Å². The van der Waals surface area contributed by atoms with Crippen molar-refractivity contribution in [3.8, 4) is 0 Å². The predicted molar refractivity (Wildman–Crippen MR) is 87.1 cm³/mol. The Kier molecular flexibility index (Phi) is 5.24. The summed E-state index contributed by atoms with van der Waals surface area (Å²) < 4.78 is 5.80. The van der Waals surface area contributed by atoms with Crippen LogP contribution in [0.15, 0.2) is 40.0 Å². The molecule has 1 atom stereocenters. The molecule has 0 saturated carbocycles. The van der Waals surface area contributed by atoms with Crippen LogP contribution in [-0.4, -0.2) is 30.6 Å². The second-order valence-electron chi connectivity index (χ2n) is 5.08. The van der Waals surface area contributed by atoms with Gasteiger partial charge in [-0.05, 0) is 31.0 Å². The van der Waals surface area contributed by atoms with Crippen LogP contribution in [0.25, 0.3) is 0 Å². The van der Waals surface area contributed by atoms with Gasteiger partial charge in [-0.2, -0.15) is 0 Å². The van der Waals surface area contributed by atoms with Crippen LogP contribution < -0.4 is 5.32 Å². The van der Waals surface area contributed by atoms with Crippen LogP contribution in [0.1, 0.15) is 31.9 Å². The average molecular weight is 367 g/mol. The molecule has 0 unspecified atom stereocenters. The summed E-state index contributed by atoms with van der Waals surface area (Å²) in [6, 6.07) is 6.82. The van der Waals surface area contributed by atoms with Crippen LogP contribution in [0.2, 0.25) is 0 Å². The second-order valence-corrected chi connectivity index (χ2v) is 6.00. The van der Waals surface area contributed by atoms with Gasteiger partial charge in [-0.25, -0.2) is 9.59 Å². The molecule has 0 fully saturated rings. The SMILES string of the molecule is CCCN1C(=O)N[C@H](c2cccc(Br)c2)C(C(=O)OC)=C1C. The van der Waals surface area contributed by atoms with Crippen LogP contribution in [0, 0.1) is 0 Å². The molecule has 1 aromatic carbocycles. The minimum atomic E-state index is -0.509. The van der Waals surface area contributed by atoms with Crippen molar-refractivity contribution in [1.29, 1.82) is 0 Å². The van der Waals surface area contributed by atoms with Crippen molar-refractivity contribution in [2.75, 3.05) is 13.7 Å². The minimum absolute atomic E-state index is 0.197. The summed E-state index contributed by atoms with van der Waals surface area (Å²) >= 11 is 3.41. The van der Waals surface area contributed by atoms with E-state index in [1.165, 1.54) is 7.11 Å². The summed E-state index contributed by atoms with van der Waals surface area (Å²) in [7, 11) is 1.35. The maximum Gasteiger partial charge on any atom is 0.337 e. The van der Waals surface area contributed by atoms with Crippen LogP contribution in [0.4, 0.5) is 4.79 Å². The third-order valence-electron chi connectivity index (χ3n) is 3.63. The average Bonchev–Trinajstić information content (AvgIpc) is 2.50. The summed E-state index contributed by atoms with van der Waals surface area (Å²) in [5, 5.41) is 2.90. The highest BCUT2D eigenvalue weighted by Gasteiger charge is 2.35. The Hall–Kier alpha value is -1.82. The van der Waals surface area contributed by atoms with Gasteiger partial charge in [-0.15, -0.1) is 0 Å². The molecule has 5 nitrogen and oxygen atoms in total. The molecule has 0 bridgehead atoms. The number of allylic oxidation sites excluding steroid dienone is 1. The van der Waals surface area contributed by atoms with Gasteiger partial charge < -0.3 is 10.1 Å². The number of halogens is 1. The first kappa shape index (κ1) is 16.5. The van der Waals surface area contributed by atoms with E-state index < -0.39 is 12.0 Å². The molecule has 1 aromatic rings. The molecule has 118 valence electrons. The number of hydrogen-bond acceptors (Lipinski definition) is 3. The Morgan fingerprint density at radius 2 is 2.18 bits per heavy atom. The lowest BCUT2D eigenvalue weighted by Crippen LogP contribution is -2.48. The first-order valence-electron chi connectivity index (χ1n) is 7.12. The van der Waals surface area contributed by atoms with Gasteiger partial charge in [0.05, 0.1) is 18.7 Å². The molecule has 0 radical (unpaired) electrons. The van der Waals surface area contributed by atoms with Crippen LogP contribution >= 0.6 is 15.9 Å². The Morgan fingerprint density at radius 3 is 2.77 bits per heavy atom. The zero-order valence-corrected chi connectivity index (χ0v) is 14.4. The van der Waals surface area contributed by atoms with E-state index in [-0.39, 0.29) is 6.03 Å². The molecule has 1 heterocycles. The summed E-state index contributed by atoms with van der Waals surface area (Å²) in [5.74, 6) is -0.427. The predicted octanol–water partition coefficient (Wildman–Crippen LogP) is 3.37. The molecule has 2 amide bonds. The fraction of sp³-hybridized carbons (Fsp3) is 0.375. The highest BCUT2D eigenvalue weighted by molar-refractivity contribution is 9.10. The normalized spacial score (nSPS) is 18.3. The zero-order valence-electron chi connectivity index (χ0n) is 12.9. The molecule has 6 heteroatoms. The molecule has 1 N–H and O–H groups in total. The molecule has 0 aliphatic carbocycles. The number of nitrogens with zero attached hydrogens (tertiary/aromatic N) is 1. The van der Waals surface area contributed by atoms with Crippen molar-refractivity contribution in [2.24, 2.45) is 0 Å². The van der Waals surface area contributed by atoms with Crippen LogP contribution in [-0.2, 0) is 9.53 Å². The van der Waals surface area contributed by atoms with E-state index in [0.717, 1.165) is 16.5 Å². The largest absolute Gasteiger partial charge is 0.466 e. The van der Waals surface area contributed by atoms with E-state index in [1.807, 2.05) is 31.2 Å². The van der Waals surface area contributed by atoms with E-state index in [0.29, 0.717) is 17.8 Å². The second kappa shape index (κ2) is 6.96. The molecule has 1 aliphatic heterocycles. The van der Waals surface area contributed by atoms with Gasteiger partial charge in [0.2, 0.25) is 0 Å². The standard InChI is InChI=1S/C16H19BrN2O3/c1-4-8-19-10(2)13(15(20)22-3)14(18-16(19)21)11-6-5-7-12(17)9-11/h5-7,9,14H,4,8H2,1-3H3,(H,18,21)/t14-/m1/s1. The smallest absolute Gasteiger partial charge is 0.337 e. The van der Waals surface area contributed by atoms with Crippen molar-refractivity contribution in [3.63, 3.8) is 0 Å². The number of benzene rings is 1. The van der Waals surface area contributed by atoms with Crippen molar-refractivity contribution >= 4 is 27.9 Å². The fourth-order valence-electron chi connectivity index (χ4n) is 2.58. The van der Waals surface area contributed by atoms with Gasteiger partial charge in [-0.3, -0.25) is 4.90 Å². The summed E-state index contributed by atoms with van der Waals surface area (Å²) in [6.45, 7) is 4.33. The number of amides is 2. The quantitative estimate of drug-likeness (QED) is 0.831. The molecular formula is C16H19BrN2O3. The van der Waals surface area contributed by atoms with Crippen LogP contribution in [0.3, 0.4) is 0 Å². The third-order valence-corrected chi connectivity index (χ3v) is 4.12. The number of ether oxygens (including phenoxy) is 1. The van der Waals surface area contributed by atoms with E-state index in [9.17, 15) is 9.59 Å². The van der Waals surface area contributed by atoms with Crippen molar-refractivity contribution < 1.29 is 14.3 Å². The van der Waals surface area contributed by atoms with Gasteiger partial charge in [0.1, 0.15) is 0 Å². The number of hydrogen-bond donors (Lipinski definition) is 1. The van der Waals surface area contributed by atoms with Gasteiger partial charge in [0, 0.05) is 16.7 Å². The Labute approximate surface area is 138 Å². The summed E-state index contributed by atoms with van der Waals surface area (Å²) in [4.78, 5) is 26.2. The van der Waals surface area contributed by atoms with Crippen molar-refractivity contribution in [2.45, 2.75) is 26.3 Å². The minimum Gasteiger partial charge on any atom is -0.466 e. The number of carbonyl (C=O) groups excluding carboxylic acids is 2. The molecule has 0 saturated heterocycles.